The Morgan fingerprint density at radius 1 is 1.24 bits per heavy atom. The predicted molar refractivity (Wildman–Crippen MR) is 77.5 cm³/mol. The fourth-order valence-electron chi connectivity index (χ4n) is 1.36. The summed E-state index contributed by atoms with van der Waals surface area (Å²) < 4.78 is 6.51. The summed E-state index contributed by atoms with van der Waals surface area (Å²) in [6, 6.07) is 11.5. The van der Waals surface area contributed by atoms with E-state index in [2.05, 4.69) is 22.6 Å². The van der Waals surface area contributed by atoms with Gasteiger partial charge in [0.05, 0.1) is 6.61 Å². The van der Waals surface area contributed by atoms with E-state index in [-0.39, 0.29) is 12.4 Å². The first-order valence-electron chi connectivity index (χ1n) is 5.14. The number of benzene rings is 1. The Morgan fingerprint density at radius 3 is 2.65 bits per heavy atom. The molecular weight excluding hydrogens is 347 g/mol. The minimum atomic E-state index is 0.0259. The normalized spacial score (nSPS) is 10.4. The third kappa shape index (κ3) is 3.90. The van der Waals surface area contributed by atoms with Gasteiger partial charge in [0.1, 0.15) is 6.61 Å². The van der Waals surface area contributed by atoms with Crippen LogP contribution in [0.3, 0.4) is 0 Å². The number of rotatable bonds is 5. The Labute approximate surface area is 118 Å². The maximum absolute atomic E-state index is 11.8. The van der Waals surface area contributed by atoms with E-state index in [1.165, 1.54) is 0 Å². The van der Waals surface area contributed by atoms with Gasteiger partial charge < -0.3 is 4.74 Å². The van der Waals surface area contributed by atoms with Crippen LogP contribution in [0.5, 0.6) is 0 Å². The molecule has 0 aliphatic rings. The number of hydrogen-bond donors (Lipinski definition) is 0. The lowest BCUT2D eigenvalue weighted by molar-refractivity contribution is 0.0731. The van der Waals surface area contributed by atoms with Crippen molar-refractivity contribution in [1.82, 2.24) is 0 Å². The fraction of sp³-hybridized carbons (Fsp3) is 0.154. The van der Waals surface area contributed by atoms with Crippen LogP contribution in [-0.4, -0.2) is 12.4 Å². The monoisotopic (exact) mass is 358 g/mol. The zero-order chi connectivity index (χ0) is 12.1. The molecule has 0 amide bonds. The second-order valence-electron chi connectivity index (χ2n) is 3.50. The minimum absolute atomic E-state index is 0.0259. The first kappa shape index (κ1) is 12.7. The molecule has 2 rings (SSSR count). The molecule has 88 valence electrons. The summed E-state index contributed by atoms with van der Waals surface area (Å²) in [7, 11) is 0. The van der Waals surface area contributed by atoms with E-state index in [1.54, 1.807) is 11.3 Å². The Bertz CT molecular complexity index is 477. The number of halogens is 1. The second-order valence-corrected chi connectivity index (χ2v) is 5.78. The molecule has 0 radical (unpaired) electrons. The van der Waals surface area contributed by atoms with Crippen LogP contribution in [0.15, 0.2) is 41.8 Å². The molecule has 0 bridgehead atoms. The standard InChI is InChI=1S/C13H11IO2S/c14-11-5-3-10(4-6-11)13(15)9-16-8-12-2-1-7-17-12/h1-7H,8-9H2. The van der Waals surface area contributed by atoms with Crippen LogP contribution < -0.4 is 0 Å². The Kier molecular flexibility index (Phi) is 4.70. The third-order valence-corrected chi connectivity index (χ3v) is 3.79. The van der Waals surface area contributed by atoms with E-state index in [9.17, 15) is 4.79 Å². The topological polar surface area (TPSA) is 26.3 Å². The molecule has 17 heavy (non-hydrogen) atoms. The molecular formula is C13H11IO2S. The van der Waals surface area contributed by atoms with Gasteiger partial charge in [-0.05, 0) is 46.2 Å². The molecule has 1 heterocycles. The zero-order valence-electron chi connectivity index (χ0n) is 9.06. The lowest BCUT2D eigenvalue weighted by atomic mass is 10.1. The summed E-state index contributed by atoms with van der Waals surface area (Å²) in [4.78, 5) is 12.9. The van der Waals surface area contributed by atoms with Gasteiger partial charge in [-0.3, -0.25) is 4.79 Å². The van der Waals surface area contributed by atoms with Gasteiger partial charge in [-0.15, -0.1) is 11.3 Å². The van der Waals surface area contributed by atoms with Crippen molar-refractivity contribution in [3.8, 4) is 0 Å². The average molecular weight is 358 g/mol. The fourth-order valence-corrected chi connectivity index (χ4v) is 2.36. The molecule has 1 aromatic carbocycles. The zero-order valence-corrected chi connectivity index (χ0v) is 12.0. The van der Waals surface area contributed by atoms with E-state index in [1.807, 2.05) is 41.8 Å². The summed E-state index contributed by atoms with van der Waals surface area (Å²) in [5.74, 6) is 0.0259. The number of thiophene rings is 1. The largest absolute Gasteiger partial charge is 0.368 e. The number of ether oxygens (including phenoxy) is 1. The van der Waals surface area contributed by atoms with Crippen molar-refractivity contribution >= 4 is 39.7 Å². The van der Waals surface area contributed by atoms with Gasteiger partial charge in [-0.2, -0.15) is 0 Å². The SMILES string of the molecule is O=C(COCc1cccs1)c1ccc(I)cc1. The maximum atomic E-state index is 11.8. The van der Waals surface area contributed by atoms with Gasteiger partial charge >= 0.3 is 0 Å². The molecule has 0 aliphatic heterocycles. The molecule has 0 saturated carbocycles. The van der Waals surface area contributed by atoms with Crippen molar-refractivity contribution in [2.75, 3.05) is 6.61 Å². The number of ketones is 1. The highest BCUT2D eigenvalue weighted by Gasteiger charge is 2.05. The van der Waals surface area contributed by atoms with Gasteiger partial charge in [0, 0.05) is 14.0 Å². The predicted octanol–water partition coefficient (Wildman–Crippen LogP) is 3.75. The Morgan fingerprint density at radius 2 is 2.00 bits per heavy atom. The highest BCUT2D eigenvalue weighted by atomic mass is 127. The molecule has 0 N–H and O–H groups in total. The van der Waals surface area contributed by atoms with Crippen molar-refractivity contribution < 1.29 is 9.53 Å². The van der Waals surface area contributed by atoms with Crippen molar-refractivity contribution in [2.45, 2.75) is 6.61 Å². The first-order valence-corrected chi connectivity index (χ1v) is 7.10. The van der Waals surface area contributed by atoms with Crippen LogP contribution in [0, 0.1) is 3.57 Å². The molecule has 0 spiro atoms. The molecule has 4 heteroatoms. The Hall–Kier alpha value is -0.720. The lowest BCUT2D eigenvalue weighted by Crippen LogP contribution is -2.08. The number of carbonyl (C=O) groups is 1. The lowest BCUT2D eigenvalue weighted by Gasteiger charge is -2.02. The molecule has 0 saturated heterocycles. The van der Waals surface area contributed by atoms with Crippen LogP contribution >= 0.6 is 33.9 Å². The van der Waals surface area contributed by atoms with Crippen molar-refractivity contribution in [2.24, 2.45) is 0 Å². The Balaban J connectivity index is 1.83. The van der Waals surface area contributed by atoms with Gasteiger partial charge in [-0.25, -0.2) is 0 Å². The van der Waals surface area contributed by atoms with E-state index in [0.717, 1.165) is 8.45 Å². The van der Waals surface area contributed by atoms with E-state index >= 15 is 0 Å². The van der Waals surface area contributed by atoms with E-state index in [4.69, 9.17) is 4.74 Å². The number of Topliss-reactive ketones (excluding diaryl/α,β-unsaturated/α-hetero) is 1. The molecule has 0 aliphatic carbocycles. The van der Waals surface area contributed by atoms with Gasteiger partial charge in [0.15, 0.2) is 5.78 Å². The quantitative estimate of drug-likeness (QED) is 0.601. The van der Waals surface area contributed by atoms with Crippen LogP contribution in [0.1, 0.15) is 15.2 Å². The van der Waals surface area contributed by atoms with Crippen LogP contribution in [-0.2, 0) is 11.3 Å². The number of hydrogen-bond acceptors (Lipinski definition) is 3. The van der Waals surface area contributed by atoms with Crippen LogP contribution in [0.2, 0.25) is 0 Å². The first-order chi connectivity index (χ1) is 8.25. The van der Waals surface area contributed by atoms with Crippen molar-refractivity contribution in [3.63, 3.8) is 0 Å². The van der Waals surface area contributed by atoms with E-state index in [0.29, 0.717) is 12.2 Å². The highest BCUT2D eigenvalue weighted by Crippen LogP contribution is 2.11. The highest BCUT2D eigenvalue weighted by molar-refractivity contribution is 14.1. The second kappa shape index (κ2) is 6.28. The smallest absolute Gasteiger partial charge is 0.188 e. The summed E-state index contributed by atoms with van der Waals surface area (Å²) in [6.07, 6.45) is 0. The molecule has 2 aromatic rings. The summed E-state index contributed by atoms with van der Waals surface area (Å²) >= 11 is 3.85. The molecule has 0 atom stereocenters. The summed E-state index contributed by atoms with van der Waals surface area (Å²) in [5.41, 5.74) is 0.705. The average Bonchev–Trinajstić information content (AvgIpc) is 2.83. The minimum Gasteiger partial charge on any atom is -0.368 e. The van der Waals surface area contributed by atoms with Gasteiger partial charge in [-0.1, -0.05) is 18.2 Å². The summed E-state index contributed by atoms with van der Waals surface area (Å²) in [6.45, 7) is 0.645. The van der Waals surface area contributed by atoms with Gasteiger partial charge in [0.25, 0.3) is 0 Å². The van der Waals surface area contributed by atoms with Crippen molar-refractivity contribution in [3.05, 3.63) is 55.8 Å². The van der Waals surface area contributed by atoms with Gasteiger partial charge in [0.2, 0.25) is 0 Å². The third-order valence-electron chi connectivity index (χ3n) is 2.22. The van der Waals surface area contributed by atoms with E-state index < -0.39 is 0 Å². The number of carbonyl (C=O) groups excluding carboxylic acids is 1. The van der Waals surface area contributed by atoms with Crippen LogP contribution in [0.4, 0.5) is 0 Å². The molecule has 2 nitrogen and oxygen atoms in total. The molecule has 0 unspecified atom stereocenters. The van der Waals surface area contributed by atoms with Crippen LogP contribution in [0.25, 0.3) is 0 Å². The summed E-state index contributed by atoms with van der Waals surface area (Å²) in [5, 5.41) is 2.00. The van der Waals surface area contributed by atoms with Crippen molar-refractivity contribution in [1.29, 1.82) is 0 Å². The maximum Gasteiger partial charge on any atom is 0.188 e. The molecule has 0 fully saturated rings. The molecule has 1 aromatic heterocycles.